The fraction of sp³-hybridized carbons (Fsp3) is 0.286. The molecule has 1 saturated carbocycles. The number of esters is 1. The molecule has 0 heterocycles. The zero-order chi connectivity index (χ0) is 20.8. The van der Waals surface area contributed by atoms with Gasteiger partial charge >= 0.3 is 5.97 Å². The third-order valence-corrected chi connectivity index (χ3v) is 5.24. The highest BCUT2D eigenvalue weighted by Crippen LogP contribution is 2.24. The van der Waals surface area contributed by atoms with Crippen molar-refractivity contribution >= 4 is 35.2 Å². The predicted octanol–water partition coefficient (Wildman–Crippen LogP) is 3.38. The molecule has 1 atom stereocenters. The van der Waals surface area contributed by atoms with E-state index in [1.54, 1.807) is 24.3 Å². The Hall–Kier alpha value is -2.87. The van der Waals surface area contributed by atoms with Crippen molar-refractivity contribution in [2.75, 3.05) is 11.1 Å². The summed E-state index contributed by atoms with van der Waals surface area (Å²) in [5.74, 6) is -1.55. The number of anilines is 1. The minimum atomic E-state index is -0.900. The molecule has 0 saturated heterocycles. The zero-order valence-electron chi connectivity index (χ0n) is 15.8. The van der Waals surface area contributed by atoms with Gasteiger partial charge in [0.25, 0.3) is 5.91 Å². The summed E-state index contributed by atoms with van der Waals surface area (Å²) >= 11 is 1.17. The smallest absolute Gasteiger partial charge is 0.340 e. The SMILES string of the molecule is C[C@H](OC(=O)c1ccccc1SCC(=O)Nc1ccc(F)cc1)C(=O)NC1CC1. The molecule has 0 bridgehead atoms. The normalized spacial score (nSPS) is 14.0. The summed E-state index contributed by atoms with van der Waals surface area (Å²) in [6.45, 7) is 1.53. The molecule has 2 N–H and O–H groups in total. The van der Waals surface area contributed by atoms with Crippen LogP contribution in [0.15, 0.2) is 53.4 Å². The molecule has 2 amide bonds. The average molecular weight is 416 g/mol. The topological polar surface area (TPSA) is 84.5 Å². The van der Waals surface area contributed by atoms with Gasteiger partial charge < -0.3 is 15.4 Å². The minimum Gasteiger partial charge on any atom is -0.449 e. The van der Waals surface area contributed by atoms with Crippen molar-refractivity contribution in [2.24, 2.45) is 0 Å². The average Bonchev–Trinajstić information content (AvgIpc) is 3.52. The summed E-state index contributed by atoms with van der Waals surface area (Å²) in [6, 6.07) is 12.4. The Kier molecular flexibility index (Phi) is 6.87. The zero-order valence-corrected chi connectivity index (χ0v) is 16.6. The van der Waals surface area contributed by atoms with E-state index in [4.69, 9.17) is 4.74 Å². The van der Waals surface area contributed by atoms with Crippen LogP contribution in [0.3, 0.4) is 0 Å². The van der Waals surface area contributed by atoms with E-state index in [9.17, 15) is 18.8 Å². The molecule has 29 heavy (non-hydrogen) atoms. The second-order valence-corrected chi connectivity index (χ2v) is 7.69. The van der Waals surface area contributed by atoms with Crippen LogP contribution in [-0.4, -0.2) is 35.7 Å². The van der Waals surface area contributed by atoms with E-state index in [0.717, 1.165) is 12.8 Å². The van der Waals surface area contributed by atoms with Crippen LogP contribution in [0, 0.1) is 5.82 Å². The number of rotatable bonds is 8. The van der Waals surface area contributed by atoms with Crippen molar-refractivity contribution < 1.29 is 23.5 Å². The lowest BCUT2D eigenvalue weighted by Gasteiger charge is -2.14. The minimum absolute atomic E-state index is 0.0549. The molecule has 2 aromatic carbocycles. The van der Waals surface area contributed by atoms with Gasteiger partial charge in [-0.3, -0.25) is 9.59 Å². The van der Waals surface area contributed by atoms with Gasteiger partial charge in [0, 0.05) is 16.6 Å². The molecular formula is C21H21FN2O4S. The largest absolute Gasteiger partial charge is 0.449 e. The molecule has 6 nitrogen and oxygen atoms in total. The number of carbonyl (C=O) groups is 3. The fourth-order valence-electron chi connectivity index (χ4n) is 2.46. The highest BCUT2D eigenvalue weighted by molar-refractivity contribution is 8.00. The van der Waals surface area contributed by atoms with Gasteiger partial charge in [-0.2, -0.15) is 0 Å². The van der Waals surface area contributed by atoms with Crippen LogP contribution in [0.5, 0.6) is 0 Å². The van der Waals surface area contributed by atoms with Crippen molar-refractivity contribution in [1.29, 1.82) is 0 Å². The van der Waals surface area contributed by atoms with Gasteiger partial charge in [-0.25, -0.2) is 9.18 Å². The van der Waals surface area contributed by atoms with Gasteiger partial charge in [0.1, 0.15) is 5.82 Å². The lowest BCUT2D eigenvalue weighted by atomic mass is 10.2. The summed E-state index contributed by atoms with van der Waals surface area (Å²) in [5.41, 5.74) is 0.776. The highest BCUT2D eigenvalue weighted by Gasteiger charge is 2.27. The van der Waals surface area contributed by atoms with E-state index in [2.05, 4.69) is 10.6 Å². The maximum atomic E-state index is 12.9. The number of thioether (sulfide) groups is 1. The summed E-state index contributed by atoms with van der Waals surface area (Å²) in [5, 5.41) is 5.46. The van der Waals surface area contributed by atoms with E-state index < -0.39 is 12.1 Å². The second-order valence-electron chi connectivity index (χ2n) is 6.67. The molecular weight excluding hydrogens is 395 g/mol. The monoisotopic (exact) mass is 416 g/mol. The molecule has 2 aromatic rings. The number of carbonyl (C=O) groups excluding carboxylic acids is 3. The lowest BCUT2D eigenvalue weighted by Crippen LogP contribution is -2.37. The van der Waals surface area contributed by atoms with Gasteiger partial charge in [0.2, 0.25) is 5.91 Å². The van der Waals surface area contributed by atoms with Crippen LogP contribution >= 0.6 is 11.8 Å². The Bertz CT molecular complexity index is 900. The lowest BCUT2D eigenvalue weighted by molar-refractivity contribution is -0.129. The molecule has 3 rings (SSSR count). The number of amides is 2. The Balaban J connectivity index is 1.56. The van der Waals surface area contributed by atoms with E-state index in [0.29, 0.717) is 10.6 Å². The summed E-state index contributed by atoms with van der Waals surface area (Å²) in [4.78, 5) is 37.2. The van der Waals surface area contributed by atoms with Crippen LogP contribution in [0.2, 0.25) is 0 Å². The van der Waals surface area contributed by atoms with Crippen molar-refractivity contribution in [3.63, 3.8) is 0 Å². The molecule has 0 spiro atoms. The number of halogens is 1. The second kappa shape index (κ2) is 9.56. The molecule has 0 radical (unpaired) electrons. The first-order valence-electron chi connectivity index (χ1n) is 9.21. The first-order valence-corrected chi connectivity index (χ1v) is 10.2. The van der Waals surface area contributed by atoms with E-state index in [1.165, 1.54) is 43.0 Å². The highest BCUT2D eigenvalue weighted by atomic mass is 32.2. The number of nitrogens with one attached hydrogen (secondary N) is 2. The van der Waals surface area contributed by atoms with E-state index in [1.807, 2.05) is 0 Å². The van der Waals surface area contributed by atoms with Gasteiger partial charge in [-0.1, -0.05) is 12.1 Å². The number of benzene rings is 2. The van der Waals surface area contributed by atoms with Crippen LogP contribution in [-0.2, 0) is 14.3 Å². The summed E-state index contributed by atoms with van der Waals surface area (Å²) in [6.07, 6.45) is 1.00. The Morgan fingerprint density at radius 1 is 1.14 bits per heavy atom. The molecule has 1 aliphatic rings. The Morgan fingerprint density at radius 3 is 2.52 bits per heavy atom. The maximum Gasteiger partial charge on any atom is 0.340 e. The summed E-state index contributed by atoms with van der Waals surface area (Å²) in [7, 11) is 0. The van der Waals surface area contributed by atoms with Crippen molar-refractivity contribution in [3.8, 4) is 0 Å². The number of hydrogen-bond donors (Lipinski definition) is 2. The quantitative estimate of drug-likeness (QED) is 0.509. The third kappa shape index (κ3) is 6.32. The fourth-order valence-corrected chi connectivity index (χ4v) is 3.30. The van der Waals surface area contributed by atoms with Crippen LogP contribution in [0.1, 0.15) is 30.1 Å². The Morgan fingerprint density at radius 2 is 1.83 bits per heavy atom. The van der Waals surface area contributed by atoms with E-state index >= 15 is 0 Å². The molecule has 1 fully saturated rings. The molecule has 0 unspecified atom stereocenters. The molecule has 0 aromatic heterocycles. The van der Waals surface area contributed by atoms with Crippen LogP contribution in [0.4, 0.5) is 10.1 Å². The molecule has 152 valence electrons. The summed E-state index contributed by atoms with van der Waals surface area (Å²) < 4.78 is 18.2. The number of hydrogen-bond acceptors (Lipinski definition) is 5. The van der Waals surface area contributed by atoms with Crippen molar-refractivity contribution in [3.05, 3.63) is 59.9 Å². The van der Waals surface area contributed by atoms with E-state index in [-0.39, 0.29) is 35.0 Å². The molecule has 1 aliphatic carbocycles. The molecule has 8 heteroatoms. The first-order chi connectivity index (χ1) is 13.9. The molecule has 0 aliphatic heterocycles. The predicted molar refractivity (Wildman–Crippen MR) is 108 cm³/mol. The van der Waals surface area contributed by atoms with Crippen molar-refractivity contribution in [2.45, 2.75) is 36.8 Å². The van der Waals surface area contributed by atoms with Crippen LogP contribution in [0.25, 0.3) is 0 Å². The van der Waals surface area contributed by atoms with Gasteiger partial charge in [0.15, 0.2) is 6.10 Å². The van der Waals surface area contributed by atoms with Crippen molar-refractivity contribution in [1.82, 2.24) is 5.32 Å². The number of ether oxygens (including phenoxy) is 1. The van der Waals surface area contributed by atoms with Gasteiger partial charge in [0.05, 0.1) is 11.3 Å². The third-order valence-electron chi connectivity index (χ3n) is 4.17. The maximum absolute atomic E-state index is 12.9. The Labute approximate surface area is 172 Å². The van der Waals surface area contributed by atoms with Crippen LogP contribution < -0.4 is 10.6 Å². The first kappa shape index (κ1) is 20.9. The standard InChI is InChI=1S/C21H21FN2O4S/c1-13(20(26)24-16-10-11-16)28-21(27)17-4-2-3-5-18(17)29-12-19(25)23-15-8-6-14(22)7-9-15/h2-9,13,16H,10-12H2,1H3,(H,23,25)(H,24,26)/t13-/m0/s1. The van der Waals surface area contributed by atoms with Gasteiger partial charge in [-0.15, -0.1) is 11.8 Å². The van der Waals surface area contributed by atoms with Gasteiger partial charge in [-0.05, 0) is 56.2 Å².